The van der Waals surface area contributed by atoms with Crippen molar-refractivity contribution in [2.45, 2.75) is 6.92 Å². The third-order valence-corrected chi connectivity index (χ3v) is 2.31. The van der Waals surface area contributed by atoms with Gasteiger partial charge in [0.05, 0.1) is 0 Å². The third-order valence-electron chi connectivity index (χ3n) is 2.31. The van der Waals surface area contributed by atoms with Crippen molar-refractivity contribution in [2.75, 3.05) is 25.5 Å². The van der Waals surface area contributed by atoms with E-state index in [-0.39, 0.29) is 11.8 Å². The lowest BCUT2D eigenvalue weighted by Gasteiger charge is -2.21. The molecule has 1 atom stereocenters. The first-order valence-electron chi connectivity index (χ1n) is 4.99. The van der Waals surface area contributed by atoms with Gasteiger partial charge in [0, 0.05) is 37.6 Å². The number of nitrogens with one attached hydrogen (secondary N) is 1. The molecule has 0 aromatic carbocycles. The van der Waals surface area contributed by atoms with Gasteiger partial charge in [-0.3, -0.25) is 9.78 Å². The lowest BCUT2D eigenvalue weighted by molar-refractivity contribution is -0.121. The van der Waals surface area contributed by atoms with Crippen LogP contribution in [-0.2, 0) is 4.79 Å². The number of nitrogens with zero attached hydrogens (tertiary/aromatic N) is 2. The molecule has 0 bridgehead atoms. The predicted molar refractivity (Wildman–Crippen MR) is 60.7 cm³/mol. The van der Waals surface area contributed by atoms with E-state index in [2.05, 4.69) is 10.3 Å². The Hall–Kier alpha value is -1.42. The Morgan fingerprint density at radius 1 is 1.53 bits per heavy atom. The summed E-state index contributed by atoms with van der Waals surface area (Å²) in [6.45, 7) is 2.60. The first-order chi connectivity index (χ1) is 7.16. The Labute approximate surface area is 90.3 Å². The first kappa shape index (κ1) is 11.7. The largest absolute Gasteiger partial charge is 0.319 e. The Morgan fingerprint density at radius 3 is 2.67 bits per heavy atom. The zero-order chi connectivity index (χ0) is 11.3. The summed E-state index contributed by atoms with van der Waals surface area (Å²) in [4.78, 5) is 17.5. The number of amides is 1. The second kappa shape index (κ2) is 5.46. The fourth-order valence-corrected chi connectivity index (χ4v) is 1.42. The van der Waals surface area contributed by atoms with Gasteiger partial charge in [0.1, 0.15) is 0 Å². The van der Waals surface area contributed by atoms with Crippen molar-refractivity contribution in [1.82, 2.24) is 10.3 Å². The molecule has 15 heavy (non-hydrogen) atoms. The molecule has 1 heterocycles. The Balaban J connectivity index is 2.69. The minimum absolute atomic E-state index is 0.0202. The van der Waals surface area contributed by atoms with Crippen molar-refractivity contribution in [1.29, 1.82) is 0 Å². The van der Waals surface area contributed by atoms with Gasteiger partial charge in [0.15, 0.2) is 0 Å². The maximum absolute atomic E-state index is 11.9. The van der Waals surface area contributed by atoms with Crippen LogP contribution in [0.15, 0.2) is 24.5 Å². The number of hydrogen-bond donors (Lipinski definition) is 1. The number of aromatic nitrogens is 1. The van der Waals surface area contributed by atoms with Crippen molar-refractivity contribution < 1.29 is 4.79 Å². The summed E-state index contributed by atoms with van der Waals surface area (Å²) >= 11 is 0. The van der Waals surface area contributed by atoms with E-state index in [9.17, 15) is 4.79 Å². The van der Waals surface area contributed by atoms with Crippen molar-refractivity contribution in [2.24, 2.45) is 5.92 Å². The summed E-state index contributed by atoms with van der Waals surface area (Å²) in [6, 6.07) is 3.65. The minimum Gasteiger partial charge on any atom is -0.319 e. The number of pyridine rings is 1. The number of rotatable bonds is 4. The fourth-order valence-electron chi connectivity index (χ4n) is 1.42. The maximum atomic E-state index is 11.9. The van der Waals surface area contributed by atoms with Crippen LogP contribution >= 0.6 is 0 Å². The van der Waals surface area contributed by atoms with Crippen LogP contribution < -0.4 is 10.2 Å². The van der Waals surface area contributed by atoms with Gasteiger partial charge in [-0.1, -0.05) is 6.92 Å². The van der Waals surface area contributed by atoms with Crippen LogP contribution in [-0.4, -0.2) is 31.5 Å². The normalized spacial score (nSPS) is 12.2. The molecule has 0 aliphatic rings. The van der Waals surface area contributed by atoms with E-state index in [1.54, 1.807) is 24.3 Å². The van der Waals surface area contributed by atoms with E-state index in [0.29, 0.717) is 6.54 Å². The van der Waals surface area contributed by atoms with Gasteiger partial charge >= 0.3 is 0 Å². The molecule has 4 heteroatoms. The van der Waals surface area contributed by atoms with E-state index < -0.39 is 0 Å². The van der Waals surface area contributed by atoms with Crippen molar-refractivity contribution in [3.8, 4) is 0 Å². The second-order valence-electron chi connectivity index (χ2n) is 3.56. The molecule has 0 saturated heterocycles. The summed E-state index contributed by atoms with van der Waals surface area (Å²) in [5.41, 5.74) is 0.873. The topological polar surface area (TPSA) is 45.2 Å². The van der Waals surface area contributed by atoms with Crippen LogP contribution in [0.5, 0.6) is 0 Å². The van der Waals surface area contributed by atoms with Gasteiger partial charge < -0.3 is 10.2 Å². The van der Waals surface area contributed by atoms with Gasteiger partial charge in [0.25, 0.3) is 0 Å². The highest BCUT2D eigenvalue weighted by molar-refractivity contribution is 5.94. The summed E-state index contributed by atoms with van der Waals surface area (Å²) in [6.07, 6.45) is 3.36. The smallest absolute Gasteiger partial charge is 0.230 e. The van der Waals surface area contributed by atoms with Crippen LogP contribution in [0.1, 0.15) is 6.92 Å². The Kier molecular flexibility index (Phi) is 4.24. The lowest BCUT2D eigenvalue weighted by atomic mass is 10.1. The van der Waals surface area contributed by atoms with Crippen molar-refractivity contribution >= 4 is 11.6 Å². The van der Waals surface area contributed by atoms with Gasteiger partial charge in [-0.05, 0) is 19.2 Å². The molecule has 0 radical (unpaired) electrons. The molecule has 82 valence electrons. The number of carbonyl (C=O) groups excluding carboxylic acids is 1. The molecule has 0 aliphatic heterocycles. The molecular formula is C11H17N3O. The van der Waals surface area contributed by atoms with E-state index in [1.165, 1.54) is 0 Å². The summed E-state index contributed by atoms with van der Waals surface area (Å²) in [7, 11) is 3.63. The molecule has 0 spiro atoms. The number of carbonyl (C=O) groups is 1. The molecule has 0 fully saturated rings. The Bertz CT molecular complexity index is 313. The summed E-state index contributed by atoms with van der Waals surface area (Å²) in [5, 5.41) is 2.99. The average molecular weight is 207 g/mol. The Morgan fingerprint density at radius 2 is 2.13 bits per heavy atom. The highest BCUT2D eigenvalue weighted by atomic mass is 16.2. The van der Waals surface area contributed by atoms with Gasteiger partial charge in [-0.2, -0.15) is 0 Å². The second-order valence-corrected chi connectivity index (χ2v) is 3.56. The fraction of sp³-hybridized carbons (Fsp3) is 0.455. The van der Waals surface area contributed by atoms with Gasteiger partial charge in [-0.15, -0.1) is 0 Å². The van der Waals surface area contributed by atoms with Crippen LogP contribution in [0, 0.1) is 5.92 Å². The molecule has 1 aromatic rings. The van der Waals surface area contributed by atoms with Gasteiger partial charge in [-0.25, -0.2) is 0 Å². The van der Waals surface area contributed by atoms with Crippen LogP contribution in [0.4, 0.5) is 5.69 Å². The lowest BCUT2D eigenvalue weighted by Crippen LogP contribution is -2.35. The van der Waals surface area contributed by atoms with Crippen LogP contribution in [0.3, 0.4) is 0 Å². The predicted octanol–water partition coefficient (Wildman–Crippen LogP) is 0.900. The SMILES string of the molecule is CNCC(C)C(=O)N(C)c1ccncc1. The molecular weight excluding hydrogens is 190 g/mol. The molecule has 1 amide bonds. The van der Waals surface area contributed by atoms with Crippen molar-refractivity contribution in [3.05, 3.63) is 24.5 Å². The molecule has 0 saturated carbocycles. The maximum Gasteiger partial charge on any atom is 0.230 e. The van der Waals surface area contributed by atoms with E-state index in [1.807, 2.05) is 26.1 Å². The van der Waals surface area contributed by atoms with Crippen LogP contribution in [0.2, 0.25) is 0 Å². The van der Waals surface area contributed by atoms with Crippen LogP contribution in [0.25, 0.3) is 0 Å². The highest BCUT2D eigenvalue weighted by Crippen LogP contribution is 2.12. The zero-order valence-corrected chi connectivity index (χ0v) is 9.40. The monoisotopic (exact) mass is 207 g/mol. The van der Waals surface area contributed by atoms with E-state index in [4.69, 9.17) is 0 Å². The number of anilines is 1. The third kappa shape index (κ3) is 3.02. The van der Waals surface area contributed by atoms with Gasteiger partial charge in [0.2, 0.25) is 5.91 Å². The molecule has 1 aromatic heterocycles. The van der Waals surface area contributed by atoms with E-state index in [0.717, 1.165) is 5.69 Å². The summed E-state index contributed by atoms with van der Waals surface area (Å²) in [5.74, 6) is 0.0868. The highest BCUT2D eigenvalue weighted by Gasteiger charge is 2.17. The molecule has 1 N–H and O–H groups in total. The van der Waals surface area contributed by atoms with Crippen molar-refractivity contribution in [3.63, 3.8) is 0 Å². The number of hydrogen-bond acceptors (Lipinski definition) is 3. The molecule has 1 rings (SSSR count). The average Bonchev–Trinajstić information content (AvgIpc) is 2.28. The zero-order valence-electron chi connectivity index (χ0n) is 9.40. The summed E-state index contributed by atoms with van der Waals surface area (Å²) < 4.78 is 0. The molecule has 0 aliphatic carbocycles. The quantitative estimate of drug-likeness (QED) is 0.798. The standard InChI is InChI=1S/C11H17N3O/c1-9(8-12-2)11(15)14(3)10-4-6-13-7-5-10/h4-7,9,12H,8H2,1-3H3. The first-order valence-corrected chi connectivity index (χ1v) is 4.99. The molecule has 1 unspecified atom stereocenters. The van der Waals surface area contributed by atoms with E-state index >= 15 is 0 Å². The molecule has 4 nitrogen and oxygen atoms in total. The minimum atomic E-state index is -0.0202.